The molecule has 3 atom stereocenters. The third-order valence-corrected chi connectivity index (χ3v) is 4.94. The Bertz CT molecular complexity index is 719. The van der Waals surface area contributed by atoms with E-state index in [9.17, 15) is 0 Å². The number of benzene rings is 1. The average Bonchev–Trinajstić information content (AvgIpc) is 3.22. The molecule has 0 aliphatic carbocycles. The van der Waals surface area contributed by atoms with Crippen LogP contribution in [-0.2, 0) is 15.9 Å². The van der Waals surface area contributed by atoms with Gasteiger partial charge in [0.2, 0.25) is 11.8 Å². The van der Waals surface area contributed by atoms with Gasteiger partial charge >= 0.3 is 0 Å². The van der Waals surface area contributed by atoms with Crippen LogP contribution >= 0.6 is 0 Å². The van der Waals surface area contributed by atoms with Gasteiger partial charge in [-0.25, -0.2) is 0 Å². The van der Waals surface area contributed by atoms with Gasteiger partial charge in [0.1, 0.15) is 0 Å². The van der Waals surface area contributed by atoms with Gasteiger partial charge in [-0.05, 0) is 29.4 Å². The summed E-state index contributed by atoms with van der Waals surface area (Å²) in [6.07, 6.45) is 1.69. The van der Waals surface area contributed by atoms with Crippen LogP contribution in [0.1, 0.15) is 62.1 Å². The molecule has 3 heterocycles. The van der Waals surface area contributed by atoms with Gasteiger partial charge < -0.3 is 13.9 Å². The molecule has 0 N–H and O–H groups in total. The smallest absolute Gasteiger partial charge is 0.249 e. The molecule has 5 heteroatoms. The van der Waals surface area contributed by atoms with Crippen molar-refractivity contribution in [3.8, 4) is 0 Å². The lowest BCUT2D eigenvalue weighted by Gasteiger charge is -2.29. The highest BCUT2D eigenvalue weighted by molar-refractivity contribution is 5.33. The first-order valence-electron chi connectivity index (χ1n) is 8.68. The quantitative estimate of drug-likeness (QED) is 0.842. The van der Waals surface area contributed by atoms with Crippen LogP contribution in [0.25, 0.3) is 0 Å². The van der Waals surface area contributed by atoms with Crippen LogP contribution in [0.5, 0.6) is 0 Å². The van der Waals surface area contributed by atoms with Gasteiger partial charge in [-0.3, -0.25) is 0 Å². The topological polar surface area (TPSA) is 57.4 Å². The lowest BCUT2D eigenvalue weighted by atomic mass is 9.81. The van der Waals surface area contributed by atoms with Crippen molar-refractivity contribution in [2.75, 3.05) is 13.2 Å². The summed E-state index contributed by atoms with van der Waals surface area (Å²) in [7, 11) is 0. The molecule has 0 bridgehead atoms. The zero-order valence-electron chi connectivity index (χ0n) is 14.5. The number of ether oxygens (including phenoxy) is 2. The van der Waals surface area contributed by atoms with Crippen molar-refractivity contribution in [2.45, 2.75) is 51.7 Å². The van der Waals surface area contributed by atoms with Crippen molar-refractivity contribution in [1.29, 1.82) is 0 Å². The Kier molecular flexibility index (Phi) is 3.93. The summed E-state index contributed by atoms with van der Waals surface area (Å²) in [6.45, 7) is 7.99. The first-order chi connectivity index (χ1) is 11.5. The number of hydrogen-bond acceptors (Lipinski definition) is 5. The number of aromatic nitrogens is 2. The Morgan fingerprint density at radius 2 is 1.79 bits per heavy atom. The number of hydrogen-bond donors (Lipinski definition) is 0. The van der Waals surface area contributed by atoms with Crippen molar-refractivity contribution in [3.63, 3.8) is 0 Å². The highest BCUT2D eigenvalue weighted by atomic mass is 16.5. The Morgan fingerprint density at radius 3 is 2.62 bits per heavy atom. The van der Waals surface area contributed by atoms with Crippen LogP contribution in [0.3, 0.4) is 0 Å². The molecular weight excluding hydrogens is 304 g/mol. The van der Waals surface area contributed by atoms with Crippen molar-refractivity contribution in [2.24, 2.45) is 5.41 Å². The zero-order valence-corrected chi connectivity index (χ0v) is 14.5. The van der Waals surface area contributed by atoms with Gasteiger partial charge in [-0.15, -0.1) is 10.2 Å². The average molecular weight is 328 g/mol. The van der Waals surface area contributed by atoms with Crippen LogP contribution in [-0.4, -0.2) is 29.5 Å². The van der Waals surface area contributed by atoms with Crippen LogP contribution in [0, 0.1) is 5.41 Å². The van der Waals surface area contributed by atoms with E-state index in [1.807, 2.05) is 6.07 Å². The van der Waals surface area contributed by atoms with Gasteiger partial charge in [0, 0.05) is 6.61 Å². The Morgan fingerprint density at radius 1 is 1.00 bits per heavy atom. The maximum Gasteiger partial charge on any atom is 0.249 e. The van der Waals surface area contributed by atoms with Gasteiger partial charge in [0.15, 0.2) is 6.10 Å². The molecule has 4 rings (SSSR count). The summed E-state index contributed by atoms with van der Waals surface area (Å²) < 4.78 is 17.9. The van der Waals surface area contributed by atoms with Crippen LogP contribution in [0.15, 0.2) is 28.7 Å². The Hall–Kier alpha value is -1.72. The van der Waals surface area contributed by atoms with E-state index in [1.165, 1.54) is 5.56 Å². The normalized spacial score (nSPS) is 27.2. The fourth-order valence-electron chi connectivity index (χ4n) is 3.80. The maximum atomic E-state index is 6.06. The maximum absolute atomic E-state index is 6.06. The third-order valence-electron chi connectivity index (χ3n) is 4.94. The van der Waals surface area contributed by atoms with E-state index in [1.54, 1.807) is 0 Å². The minimum atomic E-state index is -0.258. The molecule has 5 nitrogen and oxygen atoms in total. The molecule has 1 saturated heterocycles. The van der Waals surface area contributed by atoms with E-state index in [0.717, 1.165) is 25.0 Å². The summed E-state index contributed by atoms with van der Waals surface area (Å²) in [5, 5.41) is 8.64. The van der Waals surface area contributed by atoms with Crippen molar-refractivity contribution in [3.05, 3.63) is 47.2 Å². The minimum Gasteiger partial charge on any atom is -0.422 e. The number of rotatable bonds is 2. The molecule has 128 valence electrons. The summed E-state index contributed by atoms with van der Waals surface area (Å²) in [5.41, 5.74) is 2.48. The molecule has 2 aliphatic heterocycles. The van der Waals surface area contributed by atoms with Crippen molar-refractivity contribution in [1.82, 2.24) is 10.2 Å². The highest BCUT2D eigenvalue weighted by Gasteiger charge is 2.41. The summed E-state index contributed by atoms with van der Waals surface area (Å²) >= 11 is 0. The minimum absolute atomic E-state index is 0.0454. The molecular formula is C19H24N2O3. The monoisotopic (exact) mass is 328 g/mol. The number of nitrogens with zero attached hydrogens (tertiary/aromatic N) is 2. The van der Waals surface area contributed by atoms with E-state index in [0.29, 0.717) is 18.4 Å². The fourth-order valence-corrected chi connectivity index (χ4v) is 3.80. The summed E-state index contributed by atoms with van der Waals surface area (Å²) in [6, 6.07) is 8.31. The lowest BCUT2D eigenvalue weighted by Crippen LogP contribution is -2.30. The molecule has 1 fully saturated rings. The van der Waals surface area contributed by atoms with E-state index in [2.05, 4.69) is 49.2 Å². The SMILES string of the molecule is CC(C)(C)[C@H]1OCC[C@@H]1c1nnc([C@@H]2OCCc3ccccc32)o1. The van der Waals surface area contributed by atoms with E-state index in [-0.39, 0.29) is 23.5 Å². The predicted octanol–water partition coefficient (Wildman–Crippen LogP) is 3.65. The molecule has 0 unspecified atom stereocenters. The molecule has 24 heavy (non-hydrogen) atoms. The third kappa shape index (κ3) is 2.76. The van der Waals surface area contributed by atoms with Gasteiger partial charge in [0.25, 0.3) is 0 Å². The summed E-state index contributed by atoms with van der Waals surface area (Å²) in [5.74, 6) is 1.39. The molecule has 2 aromatic rings. The van der Waals surface area contributed by atoms with Crippen molar-refractivity contribution >= 4 is 0 Å². The molecule has 2 aliphatic rings. The molecule has 1 aromatic heterocycles. The van der Waals surface area contributed by atoms with Gasteiger partial charge in [-0.1, -0.05) is 45.0 Å². The second-order valence-corrected chi connectivity index (χ2v) is 7.73. The van der Waals surface area contributed by atoms with Gasteiger partial charge in [-0.2, -0.15) is 0 Å². The van der Waals surface area contributed by atoms with E-state index < -0.39 is 0 Å². The van der Waals surface area contributed by atoms with Crippen molar-refractivity contribution < 1.29 is 13.9 Å². The molecule has 0 spiro atoms. The summed E-state index contributed by atoms with van der Waals surface area (Å²) in [4.78, 5) is 0. The molecule has 0 amide bonds. The van der Waals surface area contributed by atoms with E-state index >= 15 is 0 Å². The molecule has 0 radical (unpaired) electrons. The van der Waals surface area contributed by atoms with Crippen LogP contribution in [0.4, 0.5) is 0 Å². The standard InChI is InChI=1S/C19H24N2O3/c1-19(2,3)16-14(9-11-23-16)17-20-21-18(24-17)15-13-7-5-4-6-12(13)8-10-22-15/h4-7,14-16H,8-11H2,1-3H3/t14-,15+,16-/m0/s1. The predicted molar refractivity (Wildman–Crippen MR) is 88.8 cm³/mol. The Labute approximate surface area is 142 Å². The second kappa shape index (κ2) is 5.97. The lowest BCUT2D eigenvalue weighted by molar-refractivity contribution is 0.0156. The molecule has 1 aromatic carbocycles. The zero-order chi connectivity index (χ0) is 16.7. The first-order valence-corrected chi connectivity index (χ1v) is 8.68. The van der Waals surface area contributed by atoms with Crippen LogP contribution < -0.4 is 0 Å². The second-order valence-electron chi connectivity index (χ2n) is 7.73. The van der Waals surface area contributed by atoms with Crippen LogP contribution in [0.2, 0.25) is 0 Å². The number of fused-ring (bicyclic) bond motifs is 1. The first kappa shape index (κ1) is 15.8. The highest BCUT2D eigenvalue weighted by Crippen LogP contribution is 2.41. The fraction of sp³-hybridized carbons (Fsp3) is 0.579. The largest absolute Gasteiger partial charge is 0.422 e. The van der Waals surface area contributed by atoms with E-state index in [4.69, 9.17) is 13.9 Å². The Balaban J connectivity index is 1.62. The molecule has 0 saturated carbocycles. The van der Waals surface area contributed by atoms with Gasteiger partial charge in [0.05, 0.1) is 18.6 Å².